The third-order valence-corrected chi connectivity index (χ3v) is 9.82. The fourth-order valence-electron chi connectivity index (χ4n) is 3.38. The average Bonchev–Trinajstić information content (AvgIpc) is 3.27. The van der Waals surface area contributed by atoms with Gasteiger partial charge >= 0.3 is 0 Å². The number of hydrogen-bond acceptors (Lipinski definition) is 5. The highest BCUT2D eigenvalue weighted by Crippen LogP contribution is 2.31. The molecule has 1 aromatic carbocycles. The first-order valence-electron chi connectivity index (χ1n) is 8.85. The predicted octanol–water partition coefficient (Wildman–Crippen LogP) is 4.14. The van der Waals surface area contributed by atoms with Gasteiger partial charge in [0, 0.05) is 20.1 Å². The highest BCUT2D eigenvalue weighted by molar-refractivity contribution is 7.91. The number of para-hydroxylation sites is 1. The lowest BCUT2D eigenvalue weighted by molar-refractivity contribution is -0.122. The van der Waals surface area contributed by atoms with Crippen molar-refractivity contribution in [3.63, 3.8) is 0 Å². The molecule has 1 unspecified atom stereocenters. The van der Waals surface area contributed by atoms with Crippen LogP contribution in [0.4, 0.5) is 0 Å². The number of aryl methyl sites for hydroxylation is 1. The van der Waals surface area contributed by atoms with Gasteiger partial charge in [0.05, 0.1) is 25.5 Å². The van der Waals surface area contributed by atoms with Gasteiger partial charge in [0.15, 0.2) is 4.80 Å². The second kappa shape index (κ2) is 8.13. The quantitative estimate of drug-likeness (QED) is 0.554. The number of nitrogens with zero attached hydrogens (tertiary/aromatic N) is 3. The Labute approximate surface area is 186 Å². The minimum atomic E-state index is -3.66. The number of amides is 1. The largest absolute Gasteiger partial charge is 0.318 e. The van der Waals surface area contributed by atoms with E-state index in [0.717, 1.165) is 21.6 Å². The molecule has 2 aromatic heterocycles. The van der Waals surface area contributed by atoms with Crippen LogP contribution in [0.15, 0.2) is 39.5 Å². The summed E-state index contributed by atoms with van der Waals surface area (Å²) in [6, 6.07) is 8.64. The van der Waals surface area contributed by atoms with E-state index >= 15 is 0 Å². The van der Waals surface area contributed by atoms with Crippen LogP contribution in [0.1, 0.15) is 12.8 Å². The Hall–Kier alpha value is -1.23. The number of benzene rings is 1. The summed E-state index contributed by atoms with van der Waals surface area (Å²) >= 11 is 14.6. The SMILES string of the molecule is Cn1c(=NC(=O)C2CCCN(S(=O)(=O)c3ccc(Cl)s3)C2)sc2cccc(Cl)c21. The molecule has 3 aromatic rings. The molecule has 0 radical (unpaired) electrons. The summed E-state index contributed by atoms with van der Waals surface area (Å²) in [7, 11) is -1.85. The van der Waals surface area contributed by atoms with Crippen molar-refractivity contribution >= 4 is 72.0 Å². The standard InChI is InChI=1S/C18H17Cl2N3O3S3/c1-22-16-12(19)5-2-6-13(16)27-18(22)21-17(24)11-4-3-9-23(10-11)29(25,26)15-8-7-14(20)28-15/h2,5-8,11H,3-4,9-10H2,1H3. The van der Waals surface area contributed by atoms with Crippen molar-refractivity contribution in [1.82, 2.24) is 8.87 Å². The van der Waals surface area contributed by atoms with Crippen molar-refractivity contribution in [1.29, 1.82) is 0 Å². The van der Waals surface area contributed by atoms with Gasteiger partial charge in [0.2, 0.25) is 0 Å². The molecule has 4 rings (SSSR count). The number of fused-ring (bicyclic) bond motifs is 1. The lowest BCUT2D eigenvalue weighted by Crippen LogP contribution is -2.42. The van der Waals surface area contributed by atoms with Crippen LogP contribution in [0, 0.1) is 5.92 Å². The Kier molecular flexibility index (Phi) is 5.89. The zero-order valence-corrected chi connectivity index (χ0v) is 19.3. The molecule has 1 amide bonds. The van der Waals surface area contributed by atoms with E-state index in [1.807, 2.05) is 19.2 Å². The molecular weight excluding hydrogens is 473 g/mol. The Bertz CT molecular complexity index is 1260. The van der Waals surface area contributed by atoms with E-state index in [4.69, 9.17) is 23.2 Å². The van der Waals surface area contributed by atoms with Gasteiger partial charge in [-0.1, -0.05) is 40.6 Å². The fourth-order valence-corrected chi connectivity index (χ4v) is 7.94. The van der Waals surface area contributed by atoms with E-state index in [1.165, 1.54) is 21.7 Å². The molecule has 0 saturated carbocycles. The maximum Gasteiger partial charge on any atom is 0.252 e. The summed E-state index contributed by atoms with van der Waals surface area (Å²) in [5, 5.41) is 0.597. The highest BCUT2D eigenvalue weighted by atomic mass is 35.5. The van der Waals surface area contributed by atoms with Crippen molar-refractivity contribution in [2.75, 3.05) is 13.1 Å². The van der Waals surface area contributed by atoms with Gasteiger partial charge in [-0.05, 0) is 37.1 Å². The predicted molar refractivity (Wildman–Crippen MR) is 117 cm³/mol. The second-order valence-corrected chi connectivity index (χ2v) is 12.0. The van der Waals surface area contributed by atoms with Crippen LogP contribution in [0.3, 0.4) is 0 Å². The van der Waals surface area contributed by atoms with Crippen LogP contribution >= 0.6 is 45.9 Å². The minimum Gasteiger partial charge on any atom is -0.318 e. The van der Waals surface area contributed by atoms with Crippen molar-refractivity contribution in [3.05, 3.63) is 44.5 Å². The van der Waals surface area contributed by atoms with Gasteiger partial charge in [0.25, 0.3) is 15.9 Å². The summed E-state index contributed by atoms with van der Waals surface area (Å²) in [6.45, 7) is 0.503. The number of piperidine rings is 1. The van der Waals surface area contributed by atoms with Gasteiger partial charge in [-0.3, -0.25) is 4.79 Å². The number of halogens is 2. The third-order valence-electron chi connectivity index (χ3n) is 4.86. The Morgan fingerprint density at radius 1 is 1.21 bits per heavy atom. The van der Waals surface area contributed by atoms with Crippen molar-refractivity contribution < 1.29 is 13.2 Å². The van der Waals surface area contributed by atoms with Gasteiger partial charge in [-0.15, -0.1) is 11.3 Å². The average molecular weight is 490 g/mol. The van der Waals surface area contributed by atoms with E-state index in [1.54, 1.807) is 16.7 Å². The number of sulfonamides is 1. The van der Waals surface area contributed by atoms with E-state index in [-0.39, 0.29) is 16.7 Å². The molecule has 11 heteroatoms. The monoisotopic (exact) mass is 489 g/mol. The van der Waals surface area contributed by atoms with E-state index in [0.29, 0.717) is 33.5 Å². The van der Waals surface area contributed by atoms with Gasteiger partial charge in [-0.2, -0.15) is 9.30 Å². The molecule has 154 valence electrons. The fraction of sp³-hybridized carbons (Fsp3) is 0.333. The summed E-state index contributed by atoms with van der Waals surface area (Å²) in [5.74, 6) is -0.790. The minimum absolute atomic E-state index is 0.121. The molecule has 1 aliphatic heterocycles. The molecule has 0 aliphatic carbocycles. The second-order valence-electron chi connectivity index (χ2n) is 6.74. The van der Waals surface area contributed by atoms with Crippen LogP contribution in [-0.4, -0.2) is 36.3 Å². The van der Waals surface area contributed by atoms with Gasteiger partial charge < -0.3 is 4.57 Å². The van der Waals surface area contributed by atoms with Crippen LogP contribution < -0.4 is 4.80 Å². The lowest BCUT2D eigenvalue weighted by Gasteiger charge is -2.29. The molecule has 0 spiro atoms. The molecule has 29 heavy (non-hydrogen) atoms. The molecule has 1 saturated heterocycles. The summed E-state index contributed by atoms with van der Waals surface area (Å²) in [6.07, 6.45) is 1.21. The Morgan fingerprint density at radius 3 is 2.69 bits per heavy atom. The molecule has 1 fully saturated rings. The summed E-state index contributed by atoms with van der Waals surface area (Å²) in [5.41, 5.74) is 0.827. The third kappa shape index (κ3) is 4.04. The number of thiazole rings is 1. The van der Waals surface area contributed by atoms with Gasteiger partial charge in [0.1, 0.15) is 4.21 Å². The first-order chi connectivity index (χ1) is 13.8. The van der Waals surface area contributed by atoms with E-state index in [2.05, 4.69) is 4.99 Å². The van der Waals surface area contributed by atoms with Crippen molar-refractivity contribution in [2.45, 2.75) is 17.1 Å². The Morgan fingerprint density at radius 2 is 2.00 bits per heavy atom. The van der Waals surface area contributed by atoms with Crippen molar-refractivity contribution in [3.8, 4) is 0 Å². The Balaban J connectivity index is 1.61. The maximum atomic E-state index is 12.9. The number of aromatic nitrogens is 1. The summed E-state index contributed by atoms with van der Waals surface area (Å²) in [4.78, 5) is 17.7. The topological polar surface area (TPSA) is 71.7 Å². The molecule has 6 nitrogen and oxygen atoms in total. The molecule has 3 heterocycles. The van der Waals surface area contributed by atoms with Crippen LogP contribution in [0.25, 0.3) is 10.2 Å². The van der Waals surface area contributed by atoms with Gasteiger partial charge in [-0.25, -0.2) is 8.42 Å². The van der Waals surface area contributed by atoms with Crippen LogP contribution in [0.2, 0.25) is 9.36 Å². The highest BCUT2D eigenvalue weighted by Gasteiger charge is 2.34. The molecule has 1 atom stereocenters. The molecule has 1 aliphatic rings. The first kappa shape index (κ1) is 21.0. The zero-order chi connectivity index (χ0) is 20.8. The number of carbonyl (C=O) groups excluding carboxylic acids is 1. The number of hydrogen-bond donors (Lipinski definition) is 0. The zero-order valence-electron chi connectivity index (χ0n) is 15.3. The van der Waals surface area contributed by atoms with Crippen molar-refractivity contribution in [2.24, 2.45) is 18.0 Å². The normalized spacial score (nSPS) is 19.1. The number of rotatable bonds is 3. The smallest absolute Gasteiger partial charge is 0.252 e. The van der Waals surface area contributed by atoms with Crippen LogP contribution in [-0.2, 0) is 21.9 Å². The summed E-state index contributed by atoms with van der Waals surface area (Å²) < 4.78 is 30.4. The van der Waals surface area contributed by atoms with E-state index < -0.39 is 15.9 Å². The molecule has 0 N–H and O–H groups in total. The number of thiophene rings is 1. The maximum absolute atomic E-state index is 12.9. The molecular formula is C18H17Cl2N3O3S3. The first-order valence-corrected chi connectivity index (χ1v) is 12.7. The molecule has 0 bridgehead atoms. The number of carbonyl (C=O) groups is 1. The lowest BCUT2D eigenvalue weighted by atomic mass is 9.99. The van der Waals surface area contributed by atoms with Crippen LogP contribution in [0.5, 0.6) is 0 Å². The van der Waals surface area contributed by atoms with E-state index in [9.17, 15) is 13.2 Å².